The van der Waals surface area contributed by atoms with Crippen LogP contribution in [0.25, 0.3) is 0 Å². The van der Waals surface area contributed by atoms with Crippen LogP contribution in [0.3, 0.4) is 0 Å². The zero-order valence-corrected chi connectivity index (χ0v) is 9.60. The van der Waals surface area contributed by atoms with Gasteiger partial charge in [0.1, 0.15) is 16.6 Å². The predicted octanol–water partition coefficient (Wildman–Crippen LogP) is 2.64. The molecule has 1 atom stereocenters. The van der Waals surface area contributed by atoms with E-state index < -0.39 is 5.82 Å². The number of ether oxygens (including phenoxy) is 1. The van der Waals surface area contributed by atoms with E-state index >= 15 is 0 Å². The molecular weight excluding hydrogens is 213 g/mol. The fraction of sp³-hybridized carbons (Fsp3) is 0.364. The third-order valence-electron chi connectivity index (χ3n) is 2.12. The molecule has 0 aromatic heterocycles. The molecule has 1 aromatic rings. The molecule has 1 aromatic carbocycles. The molecule has 0 saturated heterocycles. The fourth-order valence-corrected chi connectivity index (χ4v) is 1.34. The standard InChI is InChI=1S/C11H14FNOS/c1-3-7(2)14-9-6-4-5-8(12)10(9)11(13)15/h4-7H,3H2,1-2H3,(H2,13,15). The Hall–Kier alpha value is -1.16. The van der Waals surface area contributed by atoms with E-state index in [4.69, 9.17) is 22.7 Å². The van der Waals surface area contributed by atoms with Crippen LogP contribution in [-0.2, 0) is 0 Å². The van der Waals surface area contributed by atoms with Gasteiger partial charge in [0.15, 0.2) is 0 Å². The molecule has 82 valence electrons. The van der Waals surface area contributed by atoms with Crippen molar-refractivity contribution >= 4 is 17.2 Å². The van der Waals surface area contributed by atoms with Gasteiger partial charge in [0.2, 0.25) is 0 Å². The largest absolute Gasteiger partial charge is 0.490 e. The third kappa shape index (κ3) is 2.89. The molecule has 0 radical (unpaired) electrons. The van der Waals surface area contributed by atoms with Crippen LogP contribution in [0, 0.1) is 5.82 Å². The summed E-state index contributed by atoms with van der Waals surface area (Å²) in [6.07, 6.45) is 0.854. The number of rotatable bonds is 4. The van der Waals surface area contributed by atoms with Gasteiger partial charge in [-0.05, 0) is 25.5 Å². The number of nitrogens with two attached hydrogens (primary N) is 1. The highest BCUT2D eigenvalue weighted by Crippen LogP contribution is 2.22. The molecule has 0 saturated carbocycles. The van der Waals surface area contributed by atoms with Crippen molar-refractivity contribution in [2.75, 3.05) is 0 Å². The lowest BCUT2D eigenvalue weighted by Crippen LogP contribution is -2.17. The molecule has 4 heteroatoms. The number of benzene rings is 1. The van der Waals surface area contributed by atoms with Crippen molar-refractivity contribution in [3.8, 4) is 5.75 Å². The molecule has 0 aliphatic carbocycles. The second-order valence-corrected chi connectivity index (χ2v) is 3.75. The normalized spacial score (nSPS) is 12.2. The minimum Gasteiger partial charge on any atom is -0.490 e. The van der Waals surface area contributed by atoms with Gasteiger partial charge in [0, 0.05) is 0 Å². The summed E-state index contributed by atoms with van der Waals surface area (Å²) in [5.41, 5.74) is 5.63. The van der Waals surface area contributed by atoms with Gasteiger partial charge in [-0.1, -0.05) is 25.2 Å². The van der Waals surface area contributed by atoms with E-state index in [2.05, 4.69) is 0 Å². The lowest BCUT2D eigenvalue weighted by molar-refractivity contribution is 0.216. The molecule has 1 rings (SSSR count). The first-order valence-corrected chi connectivity index (χ1v) is 5.22. The van der Waals surface area contributed by atoms with Crippen LogP contribution in [0.4, 0.5) is 4.39 Å². The van der Waals surface area contributed by atoms with Crippen LogP contribution in [0.15, 0.2) is 18.2 Å². The Labute approximate surface area is 94.2 Å². The Bertz CT molecular complexity index is 368. The van der Waals surface area contributed by atoms with Crippen LogP contribution >= 0.6 is 12.2 Å². The van der Waals surface area contributed by atoms with Gasteiger partial charge in [-0.25, -0.2) is 4.39 Å². The van der Waals surface area contributed by atoms with Crippen LogP contribution in [0.2, 0.25) is 0 Å². The quantitative estimate of drug-likeness (QED) is 0.803. The molecule has 0 amide bonds. The molecule has 15 heavy (non-hydrogen) atoms. The van der Waals surface area contributed by atoms with Crippen LogP contribution in [0.5, 0.6) is 5.75 Å². The summed E-state index contributed by atoms with van der Waals surface area (Å²) in [5.74, 6) is -0.0276. The van der Waals surface area contributed by atoms with Crippen LogP contribution in [-0.4, -0.2) is 11.1 Å². The summed E-state index contributed by atoms with van der Waals surface area (Å²) < 4.78 is 18.9. The molecule has 0 heterocycles. The molecule has 1 unspecified atom stereocenters. The Morgan fingerprint density at radius 2 is 2.27 bits per heavy atom. The molecular formula is C11H14FNOS. The van der Waals surface area contributed by atoms with E-state index in [1.165, 1.54) is 6.07 Å². The summed E-state index contributed by atoms with van der Waals surface area (Å²) in [6, 6.07) is 4.57. The fourth-order valence-electron chi connectivity index (χ4n) is 1.14. The molecule has 0 spiro atoms. The summed E-state index contributed by atoms with van der Waals surface area (Å²) >= 11 is 4.78. The highest BCUT2D eigenvalue weighted by atomic mass is 32.1. The van der Waals surface area contributed by atoms with E-state index in [1.54, 1.807) is 12.1 Å². The molecule has 0 aliphatic heterocycles. The van der Waals surface area contributed by atoms with Crippen molar-refractivity contribution in [2.45, 2.75) is 26.4 Å². The van der Waals surface area contributed by atoms with Crippen LogP contribution < -0.4 is 10.5 Å². The van der Waals surface area contributed by atoms with Gasteiger partial charge in [0.25, 0.3) is 0 Å². The smallest absolute Gasteiger partial charge is 0.137 e. The number of thiocarbonyl (C=S) groups is 1. The van der Waals surface area contributed by atoms with Crippen molar-refractivity contribution in [3.05, 3.63) is 29.6 Å². The molecule has 0 bridgehead atoms. The first kappa shape index (κ1) is 11.9. The van der Waals surface area contributed by atoms with Gasteiger partial charge >= 0.3 is 0 Å². The summed E-state index contributed by atoms with van der Waals surface area (Å²) in [7, 11) is 0. The average molecular weight is 227 g/mol. The van der Waals surface area contributed by atoms with E-state index in [-0.39, 0.29) is 16.7 Å². The first-order valence-electron chi connectivity index (χ1n) is 4.81. The van der Waals surface area contributed by atoms with E-state index in [0.717, 1.165) is 6.42 Å². The molecule has 2 nitrogen and oxygen atoms in total. The summed E-state index contributed by atoms with van der Waals surface area (Å²) in [4.78, 5) is 0.0198. The average Bonchev–Trinajstić information content (AvgIpc) is 2.17. The second-order valence-electron chi connectivity index (χ2n) is 3.31. The van der Waals surface area contributed by atoms with Gasteiger partial charge in [0.05, 0.1) is 11.7 Å². The molecule has 0 aliphatic rings. The highest BCUT2D eigenvalue weighted by Gasteiger charge is 2.13. The van der Waals surface area contributed by atoms with E-state index in [0.29, 0.717) is 5.75 Å². The van der Waals surface area contributed by atoms with Crippen molar-refractivity contribution in [2.24, 2.45) is 5.73 Å². The SMILES string of the molecule is CCC(C)Oc1cccc(F)c1C(N)=S. The minimum atomic E-state index is -0.441. The molecule has 0 fully saturated rings. The lowest BCUT2D eigenvalue weighted by Gasteiger charge is -2.15. The minimum absolute atomic E-state index is 0.0138. The Morgan fingerprint density at radius 1 is 1.60 bits per heavy atom. The van der Waals surface area contributed by atoms with Gasteiger partial charge < -0.3 is 10.5 Å². The maximum absolute atomic E-state index is 13.4. The predicted molar refractivity (Wildman–Crippen MR) is 62.7 cm³/mol. The lowest BCUT2D eigenvalue weighted by atomic mass is 10.2. The van der Waals surface area contributed by atoms with Crippen molar-refractivity contribution in [3.63, 3.8) is 0 Å². The number of halogens is 1. The van der Waals surface area contributed by atoms with E-state index in [1.807, 2.05) is 13.8 Å². The Balaban J connectivity index is 3.06. The monoisotopic (exact) mass is 227 g/mol. The maximum atomic E-state index is 13.4. The van der Waals surface area contributed by atoms with E-state index in [9.17, 15) is 4.39 Å². The maximum Gasteiger partial charge on any atom is 0.137 e. The molecule has 2 N–H and O–H groups in total. The Morgan fingerprint density at radius 3 is 2.80 bits per heavy atom. The van der Waals surface area contributed by atoms with Gasteiger partial charge in [-0.15, -0.1) is 0 Å². The first-order chi connectivity index (χ1) is 7.06. The van der Waals surface area contributed by atoms with Gasteiger partial charge in [-0.2, -0.15) is 0 Å². The van der Waals surface area contributed by atoms with Crippen molar-refractivity contribution in [1.29, 1.82) is 0 Å². The third-order valence-corrected chi connectivity index (χ3v) is 2.33. The topological polar surface area (TPSA) is 35.2 Å². The van der Waals surface area contributed by atoms with Gasteiger partial charge in [-0.3, -0.25) is 0 Å². The zero-order valence-electron chi connectivity index (χ0n) is 8.79. The number of hydrogen-bond acceptors (Lipinski definition) is 2. The van der Waals surface area contributed by atoms with Crippen molar-refractivity contribution < 1.29 is 9.13 Å². The second kappa shape index (κ2) is 5.07. The summed E-state index contributed by atoms with van der Waals surface area (Å²) in [6.45, 7) is 3.90. The van der Waals surface area contributed by atoms with Crippen LogP contribution in [0.1, 0.15) is 25.8 Å². The summed E-state index contributed by atoms with van der Waals surface area (Å²) in [5, 5.41) is 0. The highest BCUT2D eigenvalue weighted by molar-refractivity contribution is 7.80. The number of hydrogen-bond donors (Lipinski definition) is 1. The zero-order chi connectivity index (χ0) is 11.4. The van der Waals surface area contributed by atoms with Crippen molar-refractivity contribution in [1.82, 2.24) is 0 Å². The Kier molecular flexibility index (Phi) is 4.03.